The third-order valence-corrected chi connectivity index (χ3v) is 3.52. The topological polar surface area (TPSA) is 51.2 Å². The number of nitrogens with zero attached hydrogens (tertiary/aromatic N) is 1. The molecule has 5 heteroatoms. The normalized spacial score (nSPS) is 11.9. The summed E-state index contributed by atoms with van der Waals surface area (Å²) in [6.45, 7) is 3.93. The number of hydrogen-bond donors (Lipinski definition) is 1. The largest absolute Gasteiger partial charge is 0.467 e. The lowest BCUT2D eigenvalue weighted by Gasteiger charge is -2.15. The van der Waals surface area contributed by atoms with Crippen LogP contribution < -0.4 is 5.32 Å². The summed E-state index contributed by atoms with van der Waals surface area (Å²) < 4.78 is 4.84. The summed E-state index contributed by atoms with van der Waals surface area (Å²) in [6, 6.07) is 7.28. The lowest BCUT2D eigenvalue weighted by Crippen LogP contribution is -2.22. The fourth-order valence-corrected chi connectivity index (χ4v) is 2.34. The number of hydrogen-bond acceptors (Lipinski definition) is 5. The molecule has 1 unspecified atom stereocenters. The number of nitrogens with one attached hydrogen (secondary N) is 1. The van der Waals surface area contributed by atoms with E-state index in [1.54, 1.807) is 0 Å². The number of ether oxygens (including phenoxy) is 1. The molecule has 0 radical (unpaired) electrons. The molecule has 0 aliphatic rings. The van der Waals surface area contributed by atoms with Gasteiger partial charge < -0.3 is 10.1 Å². The molecule has 1 heterocycles. The van der Waals surface area contributed by atoms with Crippen LogP contribution in [0, 0.1) is 13.8 Å². The number of aryl methyl sites for hydroxylation is 2. The molecule has 1 N–H and O–H groups in total. The van der Waals surface area contributed by atoms with Crippen LogP contribution in [-0.4, -0.2) is 18.1 Å². The van der Waals surface area contributed by atoms with Gasteiger partial charge in [-0.1, -0.05) is 17.7 Å². The van der Waals surface area contributed by atoms with Crippen molar-refractivity contribution in [2.75, 3.05) is 12.4 Å². The maximum atomic E-state index is 11.9. The highest BCUT2D eigenvalue weighted by Gasteiger charge is 2.23. The summed E-state index contributed by atoms with van der Waals surface area (Å²) in [5.74, 6) is -0.342. The maximum absolute atomic E-state index is 11.9. The Bertz CT molecular complexity index is 563. The van der Waals surface area contributed by atoms with Crippen molar-refractivity contribution in [3.8, 4) is 0 Å². The van der Waals surface area contributed by atoms with E-state index in [0.717, 1.165) is 10.7 Å². The molecule has 0 saturated heterocycles. The van der Waals surface area contributed by atoms with Crippen LogP contribution in [0.2, 0.25) is 0 Å². The quantitative estimate of drug-likeness (QED) is 0.872. The fourth-order valence-electron chi connectivity index (χ4n) is 1.70. The number of thiazole rings is 1. The Kier molecular flexibility index (Phi) is 4.16. The van der Waals surface area contributed by atoms with Crippen molar-refractivity contribution in [1.82, 2.24) is 4.98 Å². The van der Waals surface area contributed by atoms with Gasteiger partial charge in [-0.3, -0.25) is 0 Å². The van der Waals surface area contributed by atoms with E-state index < -0.39 is 6.04 Å². The van der Waals surface area contributed by atoms with Crippen molar-refractivity contribution in [2.24, 2.45) is 0 Å². The first-order valence-electron chi connectivity index (χ1n) is 5.93. The van der Waals surface area contributed by atoms with Crippen molar-refractivity contribution in [3.05, 3.63) is 45.9 Å². The number of carbonyl (C=O) groups is 1. The van der Waals surface area contributed by atoms with Gasteiger partial charge in [0.15, 0.2) is 6.04 Å². The highest BCUT2D eigenvalue weighted by molar-refractivity contribution is 7.09. The average molecular weight is 276 g/mol. The van der Waals surface area contributed by atoms with Crippen LogP contribution in [0.3, 0.4) is 0 Å². The monoisotopic (exact) mass is 276 g/mol. The molecule has 1 aromatic carbocycles. The molecule has 0 aliphatic carbocycles. The van der Waals surface area contributed by atoms with Crippen LogP contribution in [0.4, 0.5) is 5.69 Å². The summed E-state index contributed by atoms with van der Waals surface area (Å²) in [5, 5.41) is 5.95. The highest BCUT2D eigenvalue weighted by Crippen LogP contribution is 2.22. The van der Waals surface area contributed by atoms with E-state index in [4.69, 9.17) is 4.74 Å². The lowest BCUT2D eigenvalue weighted by atomic mass is 10.2. The molecule has 0 amide bonds. The first kappa shape index (κ1) is 13.5. The van der Waals surface area contributed by atoms with Gasteiger partial charge in [-0.15, -0.1) is 11.3 Å². The van der Waals surface area contributed by atoms with Gasteiger partial charge in [-0.05, 0) is 26.0 Å². The SMILES string of the molecule is COC(=O)C(Nc1ccc(C)cc1)c1csc(C)n1. The third kappa shape index (κ3) is 3.32. The van der Waals surface area contributed by atoms with Crippen molar-refractivity contribution in [1.29, 1.82) is 0 Å². The van der Waals surface area contributed by atoms with E-state index in [1.165, 1.54) is 24.0 Å². The Morgan fingerprint density at radius 3 is 2.53 bits per heavy atom. The first-order valence-corrected chi connectivity index (χ1v) is 6.81. The van der Waals surface area contributed by atoms with Gasteiger partial charge >= 0.3 is 5.97 Å². The molecule has 0 aliphatic heterocycles. The Balaban J connectivity index is 2.23. The summed E-state index contributed by atoms with van der Waals surface area (Å²) in [5.41, 5.74) is 2.73. The van der Waals surface area contributed by atoms with Gasteiger partial charge in [0.25, 0.3) is 0 Å². The molecule has 100 valence electrons. The van der Waals surface area contributed by atoms with Crippen LogP contribution >= 0.6 is 11.3 Å². The zero-order valence-electron chi connectivity index (χ0n) is 11.1. The van der Waals surface area contributed by atoms with E-state index in [1.807, 2.05) is 43.5 Å². The fraction of sp³-hybridized carbons (Fsp3) is 0.286. The molecular formula is C14H16N2O2S. The summed E-state index contributed by atoms with van der Waals surface area (Å²) in [7, 11) is 1.38. The molecule has 0 bridgehead atoms. The summed E-state index contributed by atoms with van der Waals surface area (Å²) in [6.07, 6.45) is 0. The van der Waals surface area contributed by atoms with Crippen LogP contribution in [-0.2, 0) is 9.53 Å². The second-order valence-corrected chi connectivity index (χ2v) is 5.32. The molecule has 0 saturated carbocycles. The van der Waals surface area contributed by atoms with E-state index in [0.29, 0.717) is 5.69 Å². The Morgan fingerprint density at radius 1 is 1.32 bits per heavy atom. The van der Waals surface area contributed by atoms with Gasteiger partial charge in [0.05, 0.1) is 17.8 Å². The van der Waals surface area contributed by atoms with Gasteiger partial charge in [0.1, 0.15) is 0 Å². The molecule has 4 nitrogen and oxygen atoms in total. The van der Waals surface area contributed by atoms with Crippen LogP contribution in [0.1, 0.15) is 22.3 Å². The summed E-state index contributed by atoms with van der Waals surface area (Å²) >= 11 is 1.51. The molecule has 0 spiro atoms. The standard InChI is InChI=1S/C14H16N2O2S/c1-9-4-6-11(7-5-9)16-13(14(17)18-3)12-8-19-10(2)15-12/h4-8,13,16H,1-3H3. The molecule has 19 heavy (non-hydrogen) atoms. The minimum Gasteiger partial charge on any atom is -0.467 e. The van der Waals surface area contributed by atoms with Crippen molar-refractivity contribution >= 4 is 23.0 Å². The summed E-state index contributed by atoms with van der Waals surface area (Å²) in [4.78, 5) is 16.2. The molecule has 1 atom stereocenters. The number of carbonyl (C=O) groups excluding carboxylic acids is 1. The van der Waals surface area contributed by atoms with Crippen molar-refractivity contribution < 1.29 is 9.53 Å². The van der Waals surface area contributed by atoms with Crippen LogP contribution in [0.15, 0.2) is 29.6 Å². The van der Waals surface area contributed by atoms with Crippen LogP contribution in [0.25, 0.3) is 0 Å². The predicted octanol–water partition coefficient (Wildman–Crippen LogP) is 3.09. The number of anilines is 1. The van der Waals surface area contributed by atoms with Crippen molar-refractivity contribution in [3.63, 3.8) is 0 Å². The van der Waals surface area contributed by atoms with E-state index in [9.17, 15) is 4.79 Å². The van der Waals surface area contributed by atoms with Crippen LogP contribution in [0.5, 0.6) is 0 Å². The average Bonchev–Trinajstić information content (AvgIpc) is 2.83. The minimum atomic E-state index is -0.572. The third-order valence-electron chi connectivity index (χ3n) is 2.73. The zero-order chi connectivity index (χ0) is 13.8. The second kappa shape index (κ2) is 5.84. The maximum Gasteiger partial charge on any atom is 0.334 e. The van der Waals surface area contributed by atoms with E-state index in [2.05, 4.69) is 10.3 Å². The number of methoxy groups -OCH3 is 1. The van der Waals surface area contributed by atoms with E-state index >= 15 is 0 Å². The Labute approximate surface area is 116 Å². The predicted molar refractivity (Wildman–Crippen MR) is 76.4 cm³/mol. The van der Waals surface area contributed by atoms with Gasteiger partial charge in [0.2, 0.25) is 0 Å². The van der Waals surface area contributed by atoms with Gasteiger partial charge in [-0.2, -0.15) is 0 Å². The number of aromatic nitrogens is 1. The minimum absolute atomic E-state index is 0.342. The van der Waals surface area contributed by atoms with E-state index in [-0.39, 0.29) is 5.97 Å². The number of benzene rings is 1. The molecule has 0 fully saturated rings. The Morgan fingerprint density at radius 2 is 2.00 bits per heavy atom. The van der Waals surface area contributed by atoms with Gasteiger partial charge in [-0.25, -0.2) is 9.78 Å². The first-order chi connectivity index (χ1) is 9.10. The molecule has 2 aromatic rings. The zero-order valence-corrected chi connectivity index (χ0v) is 12.0. The smallest absolute Gasteiger partial charge is 0.334 e. The second-order valence-electron chi connectivity index (χ2n) is 4.26. The number of esters is 1. The highest BCUT2D eigenvalue weighted by atomic mass is 32.1. The molecule has 1 aromatic heterocycles. The molecular weight excluding hydrogens is 260 g/mol. The molecule has 2 rings (SSSR count). The lowest BCUT2D eigenvalue weighted by molar-refractivity contribution is -0.141. The number of rotatable bonds is 4. The Hall–Kier alpha value is -1.88. The van der Waals surface area contributed by atoms with Gasteiger partial charge in [0, 0.05) is 11.1 Å². The van der Waals surface area contributed by atoms with Crippen molar-refractivity contribution in [2.45, 2.75) is 19.9 Å².